The number of amides is 1. The van der Waals surface area contributed by atoms with Crippen molar-refractivity contribution in [1.82, 2.24) is 14.8 Å². The van der Waals surface area contributed by atoms with Gasteiger partial charge in [0.2, 0.25) is 5.91 Å². The van der Waals surface area contributed by atoms with Gasteiger partial charge >= 0.3 is 0 Å². The molecule has 1 N–H and O–H groups in total. The SMILES string of the molecule is CCn1c(SCC(=O)Nc2cccc(C(C)=O)c2)nnc1C1CCCCC1. The molecule has 0 unspecified atom stereocenters. The number of hydrogen-bond donors (Lipinski definition) is 1. The van der Waals surface area contributed by atoms with E-state index in [2.05, 4.69) is 27.0 Å². The number of aromatic nitrogens is 3. The number of nitrogens with one attached hydrogen (secondary N) is 1. The lowest BCUT2D eigenvalue weighted by molar-refractivity contribution is -0.113. The molecule has 0 aliphatic heterocycles. The molecule has 0 atom stereocenters. The number of hydrogen-bond acceptors (Lipinski definition) is 5. The lowest BCUT2D eigenvalue weighted by Crippen LogP contribution is -2.15. The van der Waals surface area contributed by atoms with Gasteiger partial charge in [-0.1, -0.05) is 43.2 Å². The Kier molecular flexibility index (Phi) is 6.66. The average Bonchev–Trinajstić information content (AvgIpc) is 3.10. The number of anilines is 1. The van der Waals surface area contributed by atoms with E-state index in [1.54, 1.807) is 24.3 Å². The predicted molar refractivity (Wildman–Crippen MR) is 107 cm³/mol. The highest BCUT2D eigenvalue weighted by molar-refractivity contribution is 7.99. The van der Waals surface area contributed by atoms with Crippen molar-refractivity contribution in [3.63, 3.8) is 0 Å². The number of Topliss-reactive ketones (excluding diaryl/α,β-unsaturated/α-hetero) is 1. The molecule has 0 spiro atoms. The van der Waals surface area contributed by atoms with Crippen LogP contribution in [0.2, 0.25) is 0 Å². The summed E-state index contributed by atoms with van der Waals surface area (Å²) in [5.74, 6) is 1.67. The topological polar surface area (TPSA) is 76.9 Å². The largest absolute Gasteiger partial charge is 0.325 e. The van der Waals surface area contributed by atoms with Gasteiger partial charge in [0.05, 0.1) is 5.75 Å². The Morgan fingerprint density at radius 1 is 1.22 bits per heavy atom. The first-order valence-corrected chi connectivity index (χ1v) is 10.5. The first-order chi connectivity index (χ1) is 13.1. The number of thioether (sulfide) groups is 1. The van der Waals surface area contributed by atoms with Gasteiger partial charge in [0.15, 0.2) is 10.9 Å². The third kappa shape index (κ3) is 4.97. The lowest BCUT2D eigenvalue weighted by atomic mass is 9.89. The molecule has 6 nitrogen and oxygen atoms in total. The van der Waals surface area contributed by atoms with Crippen LogP contribution in [-0.4, -0.2) is 32.2 Å². The van der Waals surface area contributed by atoms with E-state index in [-0.39, 0.29) is 17.4 Å². The Balaban J connectivity index is 1.61. The van der Waals surface area contributed by atoms with Crippen LogP contribution in [0.5, 0.6) is 0 Å². The molecule has 1 aromatic heterocycles. The maximum Gasteiger partial charge on any atom is 0.234 e. The normalized spacial score (nSPS) is 14.9. The zero-order valence-electron chi connectivity index (χ0n) is 15.9. The zero-order chi connectivity index (χ0) is 19.2. The minimum atomic E-state index is -0.120. The van der Waals surface area contributed by atoms with E-state index in [0.29, 0.717) is 17.2 Å². The van der Waals surface area contributed by atoms with Crippen molar-refractivity contribution in [3.05, 3.63) is 35.7 Å². The van der Waals surface area contributed by atoms with Gasteiger partial charge in [-0.05, 0) is 38.8 Å². The highest BCUT2D eigenvalue weighted by atomic mass is 32.2. The van der Waals surface area contributed by atoms with Gasteiger partial charge in [-0.2, -0.15) is 0 Å². The Morgan fingerprint density at radius 3 is 2.70 bits per heavy atom. The van der Waals surface area contributed by atoms with Gasteiger partial charge in [-0.15, -0.1) is 10.2 Å². The molecule has 0 saturated heterocycles. The molecule has 0 bridgehead atoms. The molecule has 1 aliphatic rings. The fourth-order valence-corrected chi connectivity index (χ4v) is 4.32. The number of rotatable bonds is 7. The Hall–Kier alpha value is -2.15. The maximum atomic E-state index is 12.3. The van der Waals surface area contributed by atoms with E-state index in [4.69, 9.17) is 0 Å². The first kappa shape index (κ1) is 19.6. The van der Waals surface area contributed by atoms with Gasteiger partial charge in [-0.3, -0.25) is 9.59 Å². The second-order valence-corrected chi connectivity index (χ2v) is 7.84. The van der Waals surface area contributed by atoms with Crippen LogP contribution in [0.15, 0.2) is 29.4 Å². The molecule has 1 heterocycles. The molecular formula is C20H26N4O2S. The molecule has 1 aromatic carbocycles. The van der Waals surface area contributed by atoms with E-state index >= 15 is 0 Å². The number of carbonyl (C=O) groups is 2. The molecule has 1 amide bonds. The van der Waals surface area contributed by atoms with Crippen LogP contribution >= 0.6 is 11.8 Å². The lowest BCUT2D eigenvalue weighted by Gasteiger charge is -2.21. The Labute approximate surface area is 164 Å². The third-order valence-corrected chi connectivity index (χ3v) is 5.88. The first-order valence-electron chi connectivity index (χ1n) is 9.55. The van der Waals surface area contributed by atoms with Crippen molar-refractivity contribution in [3.8, 4) is 0 Å². The summed E-state index contributed by atoms with van der Waals surface area (Å²) in [6.45, 7) is 4.41. The molecule has 0 radical (unpaired) electrons. The minimum absolute atomic E-state index is 0.0215. The molecule has 2 aromatic rings. The number of ketones is 1. The summed E-state index contributed by atoms with van der Waals surface area (Å²) in [5, 5.41) is 12.4. The van der Waals surface area contributed by atoms with Crippen molar-refractivity contribution in [2.24, 2.45) is 0 Å². The Morgan fingerprint density at radius 2 is 2.00 bits per heavy atom. The van der Waals surface area contributed by atoms with Crippen LogP contribution in [-0.2, 0) is 11.3 Å². The fraction of sp³-hybridized carbons (Fsp3) is 0.500. The molecule has 3 rings (SSSR count). The van der Waals surface area contributed by atoms with E-state index in [1.807, 2.05) is 0 Å². The van der Waals surface area contributed by atoms with E-state index < -0.39 is 0 Å². The maximum absolute atomic E-state index is 12.3. The van der Waals surface area contributed by atoms with Crippen molar-refractivity contribution in [2.75, 3.05) is 11.1 Å². The van der Waals surface area contributed by atoms with Crippen molar-refractivity contribution in [2.45, 2.75) is 63.6 Å². The Bertz CT molecular complexity index is 812. The standard InChI is InChI=1S/C20H26N4O2S/c1-3-24-19(15-8-5-4-6-9-15)22-23-20(24)27-13-18(26)21-17-11-7-10-16(12-17)14(2)25/h7,10-12,15H,3-6,8-9,13H2,1-2H3,(H,21,26). The van der Waals surface area contributed by atoms with E-state index in [1.165, 1.54) is 50.8 Å². The van der Waals surface area contributed by atoms with E-state index in [0.717, 1.165) is 17.5 Å². The summed E-state index contributed by atoms with van der Waals surface area (Å²) < 4.78 is 2.14. The number of benzene rings is 1. The molecule has 1 aliphatic carbocycles. The summed E-state index contributed by atoms with van der Waals surface area (Å²) in [4.78, 5) is 23.8. The van der Waals surface area contributed by atoms with Gasteiger partial charge < -0.3 is 9.88 Å². The van der Waals surface area contributed by atoms with Gasteiger partial charge in [0.25, 0.3) is 0 Å². The van der Waals surface area contributed by atoms with Crippen molar-refractivity contribution >= 4 is 29.1 Å². The molecular weight excluding hydrogens is 360 g/mol. The minimum Gasteiger partial charge on any atom is -0.325 e. The third-order valence-electron chi connectivity index (χ3n) is 4.92. The van der Waals surface area contributed by atoms with Crippen LogP contribution in [0.3, 0.4) is 0 Å². The average molecular weight is 387 g/mol. The van der Waals surface area contributed by atoms with Gasteiger partial charge in [-0.25, -0.2) is 0 Å². The van der Waals surface area contributed by atoms with Crippen molar-refractivity contribution in [1.29, 1.82) is 0 Å². The van der Waals surface area contributed by atoms with Gasteiger partial charge in [0.1, 0.15) is 5.82 Å². The van der Waals surface area contributed by atoms with Crippen LogP contribution < -0.4 is 5.32 Å². The highest BCUT2D eigenvalue weighted by Crippen LogP contribution is 2.33. The van der Waals surface area contributed by atoms with Crippen LogP contribution in [0.4, 0.5) is 5.69 Å². The van der Waals surface area contributed by atoms with Gasteiger partial charge in [0, 0.05) is 23.7 Å². The summed E-state index contributed by atoms with van der Waals surface area (Å²) in [6, 6.07) is 6.98. The smallest absolute Gasteiger partial charge is 0.234 e. The van der Waals surface area contributed by atoms with Crippen LogP contribution in [0.1, 0.15) is 68.1 Å². The second kappa shape index (κ2) is 9.17. The fourth-order valence-electron chi connectivity index (χ4n) is 3.51. The molecule has 1 fully saturated rings. The summed E-state index contributed by atoms with van der Waals surface area (Å²) in [5.41, 5.74) is 1.22. The summed E-state index contributed by atoms with van der Waals surface area (Å²) in [7, 11) is 0. The second-order valence-electron chi connectivity index (χ2n) is 6.89. The van der Waals surface area contributed by atoms with Crippen LogP contribution in [0.25, 0.3) is 0 Å². The number of carbonyl (C=O) groups excluding carboxylic acids is 2. The summed E-state index contributed by atoms with van der Waals surface area (Å²) >= 11 is 1.40. The molecule has 7 heteroatoms. The van der Waals surface area contributed by atoms with Crippen LogP contribution in [0, 0.1) is 0 Å². The predicted octanol–water partition coefficient (Wildman–Crippen LogP) is 4.28. The molecule has 144 valence electrons. The highest BCUT2D eigenvalue weighted by Gasteiger charge is 2.23. The molecule has 1 saturated carbocycles. The molecule has 27 heavy (non-hydrogen) atoms. The summed E-state index contributed by atoms with van der Waals surface area (Å²) in [6.07, 6.45) is 6.17. The van der Waals surface area contributed by atoms with E-state index in [9.17, 15) is 9.59 Å². The number of nitrogens with zero attached hydrogens (tertiary/aromatic N) is 3. The quantitative estimate of drug-likeness (QED) is 0.568. The van der Waals surface area contributed by atoms with Crippen molar-refractivity contribution < 1.29 is 9.59 Å². The monoisotopic (exact) mass is 386 g/mol. The zero-order valence-corrected chi connectivity index (χ0v) is 16.7.